The summed E-state index contributed by atoms with van der Waals surface area (Å²) in [6.07, 6.45) is 26.2. The molecule has 0 bridgehead atoms. The largest absolute Gasteiger partial charge is 0.308 e. The van der Waals surface area contributed by atoms with Crippen LogP contribution >= 0.6 is 0 Å². The van der Waals surface area contributed by atoms with E-state index in [1.807, 2.05) is 0 Å². The number of unbranched alkanes of at least 4 members (excludes halogenated alkanes) is 17. The fraction of sp³-hybridized carbons (Fsp3) is 1.00. The molecule has 2 nitrogen and oxygen atoms in total. The van der Waals surface area contributed by atoms with Crippen LogP contribution in [-0.4, -0.2) is 50.6 Å². The van der Waals surface area contributed by atoms with Gasteiger partial charge in [-0.15, -0.1) is 0 Å². The van der Waals surface area contributed by atoms with E-state index in [0.29, 0.717) is 0 Å². The van der Waals surface area contributed by atoms with Crippen molar-refractivity contribution in [1.82, 2.24) is 9.80 Å². The summed E-state index contributed by atoms with van der Waals surface area (Å²) in [4.78, 5) is 4.75. The maximum Gasteiger partial charge on any atom is 0.0106 e. The van der Waals surface area contributed by atoms with Gasteiger partial charge in [-0.1, -0.05) is 116 Å². The summed E-state index contributed by atoms with van der Waals surface area (Å²) in [5.74, 6) is 0. The van der Waals surface area contributed by atoms with Crippen LogP contribution in [0.15, 0.2) is 0 Å². The molecule has 0 fully saturated rings. The van der Waals surface area contributed by atoms with Gasteiger partial charge in [-0.2, -0.15) is 0 Å². The summed E-state index contributed by atoms with van der Waals surface area (Å²) in [6, 6.07) is 0. The summed E-state index contributed by atoms with van der Waals surface area (Å²) in [5, 5.41) is 0. The minimum Gasteiger partial charge on any atom is -0.308 e. The van der Waals surface area contributed by atoms with Gasteiger partial charge in [0.1, 0.15) is 0 Å². The van der Waals surface area contributed by atoms with Crippen molar-refractivity contribution >= 4 is 0 Å². The van der Waals surface area contributed by atoms with Gasteiger partial charge in [0.05, 0.1) is 0 Å². The van der Waals surface area contributed by atoms with Gasteiger partial charge in [0.25, 0.3) is 0 Å². The molecule has 0 heterocycles. The zero-order chi connectivity index (χ0) is 20.0. The molecule has 0 atom stereocenters. The van der Waals surface area contributed by atoms with Crippen molar-refractivity contribution in [2.24, 2.45) is 0 Å². The lowest BCUT2D eigenvalue weighted by molar-refractivity contribution is 0.277. The van der Waals surface area contributed by atoms with E-state index in [1.165, 1.54) is 135 Å². The van der Waals surface area contributed by atoms with Crippen LogP contribution < -0.4 is 0 Å². The first-order valence-electron chi connectivity index (χ1n) is 12.5. The third-order valence-electron chi connectivity index (χ3n) is 5.82. The van der Waals surface area contributed by atoms with Gasteiger partial charge in [-0.05, 0) is 34.1 Å². The van der Waals surface area contributed by atoms with Gasteiger partial charge in [-0.25, -0.2) is 0 Å². The predicted molar refractivity (Wildman–Crippen MR) is 125 cm³/mol. The van der Waals surface area contributed by atoms with E-state index >= 15 is 0 Å². The Hall–Kier alpha value is -0.0800. The van der Waals surface area contributed by atoms with E-state index in [9.17, 15) is 0 Å². The highest BCUT2D eigenvalue weighted by Gasteiger charge is 1.99. The van der Waals surface area contributed by atoms with E-state index in [2.05, 4.69) is 37.9 Å². The molecule has 0 aromatic rings. The Kier molecular flexibility index (Phi) is 22.1. The van der Waals surface area contributed by atoms with Gasteiger partial charge in [-0.3, -0.25) is 0 Å². The lowest BCUT2D eigenvalue weighted by atomic mass is 10.0. The lowest BCUT2D eigenvalue weighted by Crippen LogP contribution is -2.29. The first kappa shape index (κ1) is 26.9. The molecule has 0 aliphatic heterocycles. The lowest BCUT2D eigenvalue weighted by Gasteiger charge is -2.19. The molecule has 2 heteroatoms. The van der Waals surface area contributed by atoms with Crippen LogP contribution in [0, 0.1) is 0 Å². The molecule has 0 N–H and O–H groups in total. The highest BCUT2D eigenvalue weighted by Crippen LogP contribution is 2.14. The van der Waals surface area contributed by atoms with Crippen LogP contribution in [0.3, 0.4) is 0 Å². The molecule has 0 saturated carbocycles. The van der Waals surface area contributed by atoms with Crippen LogP contribution in [0.4, 0.5) is 0 Å². The SMILES string of the molecule is CCCCCCCCCCCCCCCCCCCCN(C)CCN(C)C. The van der Waals surface area contributed by atoms with Gasteiger partial charge < -0.3 is 9.80 Å². The second-order valence-electron chi connectivity index (χ2n) is 9.12. The highest BCUT2D eigenvalue weighted by atomic mass is 15.1. The Labute approximate surface area is 173 Å². The van der Waals surface area contributed by atoms with Gasteiger partial charge >= 0.3 is 0 Å². The zero-order valence-corrected chi connectivity index (χ0v) is 19.7. The standard InChI is InChI=1S/C25H54N2/c1-5-6-7-8-9-10-11-12-13-14-15-16-17-18-19-20-21-22-23-27(4)25-24-26(2)3/h5-25H2,1-4H3. The maximum atomic E-state index is 2.48. The Morgan fingerprint density at radius 3 is 1.04 bits per heavy atom. The minimum absolute atomic E-state index is 1.18. The summed E-state index contributed by atoms with van der Waals surface area (Å²) in [5.41, 5.74) is 0. The van der Waals surface area contributed by atoms with Crippen molar-refractivity contribution < 1.29 is 0 Å². The second-order valence-corrected chi connectivity index (χ2v) is 9.12. The third kappa shape index (κ3) is 23.9. The maximum absolute atomic E-state index is 2.48. The molecular formula is C25H54N2. The van der Waals surface area contributed by atoms with Crippen molar-refractivity contribution in [1.29, 1.82) is 0 Å². The fourth-order valence-electron chi connectivity index (χ4n) is 3.77. The number of likely N-dealkylation sites (N-methyl/N-ethyl adjacent to an activating group) is 2. The van der Waals surface area contributed by atoms with E-state index in [1.54, 1.807) is 0 Å². The summed E-state index contributed by atoms with van der Waals surface area (Å²) in [7, 11) is 6.58. The van der Waals surface area contributed by atoms with E-state index in [0.717, 1.165) is 0 Å². The van der Waals surface area contributed by atoms with Gasteiger partial charge in [0, 0.05) is 13.1 Å². The summed E-state index contributed by atoms with van der Waals surface area (Å²) < 4.78 is 0. The molecular weight excluding hydrogens is 328 g/mol. The minimum atomic E-state index is 1.18. The molecule has 0 spiro atoms. The monoisotopic (exact) mass is 382 g/mol. The third-order valence-corrected chi connectivity index (χ3v) is 5.82. The molecule has 0 aromatic heterocycles. The van der Waals surface area contributed by atoms with Crippen LogP contribution in [0.1, 0.15) is 122 Å². The van der Waals surface area contributed by atoms with Crippen LogP contribution in [0.5, 0.6) is 0 Å². The van der Waals surface area contributed by atoms with Gasteiger partial charge in [0.15, 0.2) is 0 Å². The molecule has 0 amide bonds. The van der Waals surface area contributed by atoms with Gasteiger partial charge in [0.2, 0.25) is 0 Å². The van der Waals surface area contributed by atoms with E-state index in [4.69, 9.17) is 0 Å². The molecule has 164 valence electrons. The molecule has 0 rings (SSSR count). The zero-order valence-electron chi connectivity index (χ0n) is 19.7. The summed E-state index contributed by atoms with van der Waals surface area (Å²) in [6.45, 7) is 5.95. The Morgan fingerprint density at radius 1 is 0.370 bits per heavy atom. The number of hydrogen-bond acceptors (Lipinski definition) is 2. The molecule has 0 aromatic carbocycles. The first-order valence-corrected chi connectivity index (χ1v) is 12.5. The van der Waals surface area contributed by atoms with E-state index in [-0.39, 0.29) is 0 Å². The van der Waals surface area contributed by atoms with Crippen LogP contribution in [0.2, 0.25) is 0 Å². The Morgan fingerprint density at radius 2 is 0.704 bits per heavy atom. The normalized spacial score (nSPS) is 11.8. The number of rotatable bonds is 22. The van der Waals surface area contributed by atoms with Crippen LogP contribution in [-0.2, 0) is 0 Å². The fourth-order valence-corrected chi connectivity index (χ4v) is 3.77. The average Bonchev–Trinajstić information content (AvgIpc) is 2.65. The van der Waals surface area contributed by atoms with Crippen molar-refractivity contribution in [3.8, 4) is 0 Å². The molecule has 0 unspecified atom stereocenters. The second kappa shape index (κ2) is 22.2. The Bertz CT molecular complexity index is 265. The van der Waals surface area contributed by atoms with Crippen molar-refractivity contribution in [3.63, 3.8) is 0 Å². The molecule has 0 saturated heterocycles. The quantitative estimate of drug-likeness (QED) is 0.179. The predicted octanol–water partition coefficient (Wildman–Crippen LogP) is 7.52. The topological polar surface area (TPSA) is 6.48 Å². The highest BCUT2D eigenvalue weighted by molar-refractivity contribution is 4.55. The molecule has 27 heavy (non-hydrogen) atoms. The van der Waals surface area contributed by atoms with Crippen molar-refractivity contribution in [3.05, 3.63) is 0 Å². The average molecular weight is 383 g/mol. The van der Waals surface area contributed by atoms with Crippen molar-refractivity contribution in [2.75, 3.05) is 40.8 Å². The smallest absolute Gasteiger partial charge is 0.0106 e. The number of nitrogens with zero attached hydrogens (tertiary/aromatic N) is 2. The summed E-state index contributed by atoms with van der Waals surface area (Å²) >= 11 is 0. The molecule has 0 aliphatic carbocycles. The van der Waals surface area contributed by atoms with Crippen molar-refractivity contribution in [2.45, 2.75) is 122 Å². The van der Waals surface area contributed by atoms with E-state index < -0.39 is 0 Å². The van der Waals surface area contributed by atoms with Crippen LogP contribution in [0.25, 0.3) is 0 Å². The first-order chi connectivity index (χ1) is 13.2. The Balaban J connectivity index is 3.07. The molecule has 0 radical (unpaired) electrons. The number of hydrogen-bond donors (Lipinski definition) is 0. The molecule has 0 aliphatic rings.